The molecule has 0 aliphatic carbocycles. The van der Waals surface area contributed by atoms with Gasteiger partial charge in [-0.05, 0) is 55.0 Å². The van der Waals surface area contributed by atoms with Gasteiger partial charge in [-0.2, -0.15) is 13.2 Å². The molecule has 34 heavy (non-hydrogen) atoms. The average molecular weight is 524 g/mol. The molecule has 0 bridgehead atoms. The molecular weight excluding hydrogens is 508 g/mol. The standard InChI is InChI=1S/C25H16Cl3F3N2O/c1-13-23(17-10-14(24(32)34)6-8-19(17)25(29,30)31)18(16-4-2-3-5-20(16)27)12-33(13)22-9-7-15(26)11-21(22)28/h2-12H,1H3,(H2,32,34). The molecule has 0 aliphatic heterocycles. The summed E-state index contributed by atoms with van der Waals surface area (Å²) in [6.07, 6.45) is -3.02. The first-order valence-electron chi connectivity index (χ1n) is 9.92. The summed E-state index contributed by atoms with van der Waals surface area (Å²) >= 11 is 18.9. The Hall–Kier alpha value is -2.93. The first kappa shape index (κ1) is 24.2. The fourth-order valence-corrected chi connectivity index (χ4v) is 4.65. The monoisotopic (exact) mass is 522 g/mol. The van der Waals surface area contributed by atoms with E-state index in [1.807, 2.05) is 0 Å². The van der Waals surface area contributed by atoms with E-state index in [2.05, 4.69) is 0 Å². The molecule has 2 N–H and O–H groups in total. The highest BCUT2D eigenvalue weighted by Gasteiger charge is 2.36. The van der Waals surface area contributed by atoms with Crippen molar-refractivity contribution in [3.05, 3.63) is 98.7 Å². The van der Waals surface area contributed by atoms with E-state index in [1.54, 1.807) is 60.2 Å². The number of rotatable bonds is 4. The summed E-state index contributed by atoms with van der Waals surface area (Å²) in [6, 6.07) is 14.7. The van der Waals surface area contributed by atoms with Gasteiger partial charge in [0.15, 0.2) is 0 Å². The highest BCUT2D eigenvalue weighted by atomic mass is 35.5. The third-order valence-corrected chi connectivity index (χ3v) is 6.33. The van der Waals surface area contributed by atoms with Gasteiger partial charge in [0, 0.05) is 44.2 Å². The molecule has 0 radical (unpaired) electrons. The molecule has 3 aromatic carbocycles. The zero-order chi connectivity index (χ0) is 24.8. The Morgan fingerprint density at radius 3 is 2.21 bits per heavy atom. The second-order valence-corrected chi connectivity index (χ2v) is 8.82. The Morgan fingerprint density at radius 2 is 1.59 bits per heavy atom. The van der Waals surface area contributed by atoms with Crippen LogP contribution in [0.15, 0.2) is 66.9 Å². The SMILES string of the molecule is Cc1c(-c2cc(C(N)=O)ccc2C(F)(F)F)c(-c2ccccc2Cl)cn1-c1ccc(Cl)cc1Cl. The molecule has 0 spiro atoms. The predicted octanol–water partition coefficient (Wildman–Crippen LogP) is 8.20. The highest BCUT2D eigenvalue weighted by Crippen LogP contribution is 2.46. The first-order chi connectivity index (χ1) is 16.0. The summed E-state index contributed by atoms with van der Waals surface area (Å²) in [5.74, 6) is -0.841. The Labute approximate surface area is 208 Å². The van der Waals surface area contributed by atoms with Crippen molar-refractivity contribution in [3.8, 4) is 27.9 Å². The van der Waals surface area contributed by atoms with Gasteiger partial charge < -0.3 is 10.3 Å². The molecule has 3 nitrogen and oxygen atoms in total. The van der Waals surface area contributed by atoms with Gasteiger partial charge in [-0.3, -0.25) is 4.79 Å². The van der Waals surface area contributed by atoms with Crippen LogP contribution < -0.4 is 5.73 Å². The number of carbonyl (C=O) groups excluding carboxylic acids is 1. The van der Waals surface area contributed by atoms with E-state index in [-0.39, 0.29) is 16.7 Å². The number of nitrogens with zero attached hydrogens (tertiary/aromatic N) is 1. The number of alkyl halides is 3. The number of aromatic nitrogens is 1. The molecule has 0 aliphatic rings. The van der Waals surface area contributed by atoms with E-state index in [1.165, 1.54) is 0 Å². The lowest BCUT2D eigenvalue weighted by Gasteiger charge is -2.16. The normalized spacial score (nSPS) is 11.6. The summed E-state index contributed by atoms with van der Waals surface area (Å²) in [5, 5.41) is 1.08. The van der Waals surface area contributed by atoms with E-state index < -0.39 is 17.6 Å². The fraction of sp³-hybridized carbons (Fsp3) is 0.0800. The van der Waals surface area contributed by atoms with Crippen molar-refractivity contribution in [3.63, 3.8) is 0 Å². The lowest BCUT2D eigenvalue weighted by molar-refractivity contribution is -0.137. The van der Waals surface area contributed by atoms with Gasteiger partial charge in [0.05, 0.1) is 16.3 Å². The van der Waals surface area contributed by atoms with Crippen molar-refractivity contribution in [1.29, 1.82) is 0 Å². The van der Waals surface area contributed by atoms with Crippen LogP contribution in [0.3, 0.4) is 0 Å². The second-order valence-electron chi connectivity index (χ2n) is 7.57. The Bertz CT molecular complexity index is 1430. The highest BCUT2D eigenvalue weighted by molar-refractivity contribution is 6.36. The number of benzene rings is 3. The van der Waals surface area contributed by atoms with Gasteiger partial charge >= 0.3 is 6.18 Å². The minimum absolute atomic E-state index is 0.0511. The third-order valence-electron chi connectivity index (χ3n) is 5.46. The number of halogens is 6. The molecule has 0 unspecified atom stereocenters. The quantitative estimate of drug-likeness (QED) is 0.288. The molecule has 174 valence electrons. The van der Waals surface area contributed by atoms with Crippen molar-refractivity contribution >= 4 is 40.7 Å². The van der Waals surface area contributed by atoms with Crippen LogP contribution in [-0.4, -0.2) is 10.5 Å². The smallest absolute Gasteiger partial charge is 0.366 e. The maximum absolute atomic E-state index is 14.1. The maximum atomic E-state index is 14.1. The number of primary amides is 1. The summed E-state index contributed by atoms with van der Waals surface area (Å²) in [7, 11) is 0. The third kappa shape index (κ3) is 4.41. The lowest BCUT2D eigenvalue weighted by Crippen LogP contribution is -2.14. The topological polar surface area (TPSA) is 48.0 Å². The van der Waals surface area contributed by atoms with Crippen LogP contribution in [0.2, 0.25) is 15.1 Å². The summed E-state index contributed by atoms with van der Waals surface area (Å²) in [4.78, 5) is 11.8. The van der Waals surface area contributed by atoms with Crippen LogP contribution in [-0.2, 0) is 6.18 Å². The Morgan fingerprint density at radius 1 is 0.882 bits per heavy atom. The van der Waals surface area contributed by atoms with Crippen molar-refractivity contribution in [2.45, 2.75) is 13.1 Å². The van der Waals surface area contributed by atoms with Gasteiger partial charge in [0.1, 0.15) is 0 Å². The minimum Gasteiger partial charge on any atom is -0.366 e. The van der Waals surface area contributed by atoms with Gasteiger partial charge in [-0.25, -0.2) is 0 Å². The summed E-state index contributed by atoms with van der Waals surface area (Å²) in [6.45, 7) is 1.66. The fourth-order valence-electron chi connectivity index (χ4n) is 3.91. The van der Waals surface area contributed by atoms with E-state index in [9.17, 15) is 18.0 Å². The Kier molecular flexibility index (Phi) is 6.42. The van der Waals surface area contributed by atoms with Crippen molar-refractivity contribution in [2.75, 3.05) is 0 Å². The molecule has 0 fully saturated rings. The van der Waals surface area contributed by atoms with Crippen LogP contribution in [0.4, 0.5) is 13.2 Å². The van der Waals surface area contributed by atoms with Crippen LogP contribution in [0, 0.1) is 6.92 Å². The zero-order valence-electron chi connectivity index (χ0n) is 17.6. The van der Waals surface area contributed by atoms with Crippen LogP contribution >= 0.6 is 34.8 Å². The van der Waals surface area contributed by atoms with Crippen LogP contribution in [0.25, 0.3) is 27.9 Å². The Balaban J connectivity index is 2.13. The zero-order valence-corrected chi connectivity index (χ0v) is 19.8. The molecular formula is C25H16Cl3F3N2O. The largest absolute Gasteiger partial charge is 0.417 e. The molecule has 0 saturated heterocycles. The van der Waals surface area contributed by atoms with E-state index in [0.29, 0.717) is 37.6 Å². The number of hydrogen-bond donors (Lipinski definition) is 1. The molecule has 9 heteroatoms. The van der Waals surface area contributed by atoms with Gasteiger partial charge in [0.25, 0.3) is 0 Å². The maximum Gasteiger partial charge on any atom is 0.417 e. The molecule has 1 heterocycles. The van der Waals surface area contributed by atoms with Crippen LogP contribution in [0.1, 0.15) is 21.6 Å². The number of hydrogen-bond acceptors (Lipinski definition) is 1. The molecule has 1 aromatic heterocycles. The molecule has 1 amide bonds. The second kappa shape index (κ2) is 9.02. The number of carbonyl (C=O) groups is 1. The predicted molar refractivity (Wildman–Crippen MR) is 130 cm³/mol. The van der Waals surface area contributed by atoms with Gasteiger partial charge in [0.2, 0.25) is 5.91 Å². The first-order valence-corrected chi connectivity index (χ1v) is 11.1. The minimum atomic E-state index is -4.68. The van der Waals surface area contributed by atoms with Gasteiger partial charge in [-0.1, -0.05) is 53.0 Å². The van der Waals surface area contributed by atoms with Gasteiger partial charge in [-0.15, -0.1) is 0 Å². The number of amides is 1. The lowest BCUT2D eigenvalue weighted by atomic mass is 9.91. The summed E-state index contributed by atoms with van der Waals surface area (Å²) < 4.78 is 43.9. The average Bonchev–Trinajstić information content (AvgIpc) is 3.09. The van der Waals surface area contributed by atoms with E-state index in [0.717, 1.165) is 18.2 Å². The number of nitrogens with two attached hydrogens (primary N) is 1. The molecule has 4 aromatic rings. The summed E-state index contributed by atoms with van der Waals surface area (Å²) in [5.41, 5.74) is 6.39. The van der Waals surface area contributed by atoms with Crippen molar-refractivity contribution in [2.24, 2.45) is 5.73 Å². The van der Waals surface area contributed by atoms with E-state index >= 15 is 0 Å². The van der Waals surface area contributed by atoms with Crippen LogP contribution in [0.5, 0.6) is 0 Å². The molecule has 0 atom stereocenters. The molecule has 0 saturated carbocycles. The van der Waals surface area contributed by atoms with Crippen molar-refractivity contribution in [1.82, 2.24) is 4.57 Å². The molecule has 4 rings (SSSR count). The van der Waals surface area contributed by atoms with E-state index in [4.69, 9.17) is 40.5 Å². The van der Waals surface area contributed by atoms with Crippen molar-refractivity contribution < 1.29 is 18.0 Å².